The Hall–Kier alpha value is -4.60. The largest absolute Gasteiger partial charge is 0.469 e. The van der Waals surface area contributed by atoms with Gasteiger partial charge >= 0.3 is 5.97 Å². The molecule has 4 aliphatic heterocycles. The molecule has 0 aromatic carbocycles. The highest BCUT2D eigenvalue weighted by Crippen LogP contribution is 2.45. The lowest BCUT2D eigenvalue weighted by molar-refractivity contribution is -0.140. The summed E-state index contributed by atoms with van der Waals surface area (Å²) in [6, 6.07) is 5.97. The van der Waals surface area contributed by atoms with Gasteiger partial charge in [-0.2, -0.15) is 0 Å². The molecular formula is C40H49N5O5. The number of allylic oxidation sites excluding steroid dienone is 2. The van der Waals surface area contributed by atoms with E-state index in [1.807, 2.05) is 32.9 Å². The number of aryl methyl sites for hydroxylation is 1. The first-order valence-corrected chi connectivity index (χ1v) is 18.1. The van der Waals surface area contributed by atoms with Gasteiger partial charge in [-0.05, 0) is 69.4 Å². The van der Waals surface area contributed by atoms with E-state index in [0.717, 1.165) is 53.7 Å². The lowest BCUT2D eigenvalue weighted by Crippen LogP contribution is -2.41. The Bertz CT molecular complexity index is 2000. The molecule has 6 heterocycles. The molecule has 4 unspecified atom stereocenters. The maximum absolute atomic E-state index is 14.6. The van der Waals surface area contributed by atoms with Crippen LogP contribution >= 0.6 is 0 Å². The van der Waals surface area contributed by atoms with Crippen molar-refractivity contribution in [2.75, 3.05) is 13.7 Å². The number of hydrogen-bond donors (Lipinski definition) is 2. The molecule has 10 nitrogen and oxygen atoms in total. The first-order chi connectivity index (χ1) is 23.9. The summed E-state index contributed by atoms with van der Waals surface area (Å²) in [7, 11) is 1.37. The first-order valence-electron chi connectivity index (χ1n) is 18.1. The predicted molar refractivity (Wildman–Crippen MR) is 194 cm³/mol. The molecule has 0 saturated heterocycles. The molecular weight excluding hydrogens is 630 g/mol. The van der Waals surface area contributed by atoms with E-state index in [0.29, 0.717) is 64.4 Å². The molecule has 0 saturated carbocycles. The number of esters is 1. The number of nitrogens with one attached hydrogen (secondary N) is 2. The number of nitrogens with zero attached hydrogens (tertiary/aromatic N) is 3. The molecule has 6 rings (SSSR count). The van der Waals surface area contributed by atoms with Gasteiger partial charge in [-0.25, -0.2) is 4.98 Å². The Kier molecular flexibility index (Phi) is 9.84. The van der Waals surface area contributed by atoms with Crippen LogP contribution in [0.25, 0.3) is 22.2 Å². The smallest absolute Gasteiger partial charge is 0.305 e. The summed E-state index contributed by atoms with van der Waals surface area (Å²) >= 11 is 0. The minimum atomic E-state index is -0.371. The maximum atomic E-state index is 14.6. The van der Waals surface area contributed by atoms with Crippen molar-refractivity contribution < 1.29 is 23.9 Å². The van der Waals surface area contributed by atoms with E-state index in [-0.39, 0.29) is 53.7 Å². The summed E-state index contributed by atoms with van der Waals surface area (Å²) in [4.78, 5) is 73.1. The fourth-order valence-electron chi connectivity index (χ4n) is 8.22. The first kappa shape index (κ1) is 35.2. The number of amides is 2. The Morgan fingerprint density at radius 1 is 0.880 bits per heavy atom. The van der Waals surface area contributed by atoms with Crippen LogP contribution in [-0.4, -0.2) is 62.1 Å². The van der Waals surface area contributed by atoms with E-state index in [2.05, 4.69) is 36.8 Å². The number of unbranched alkanes of at least 4 members (excludes halogenated alkanes) is 3. The molecule has 2 amide bonds. The third kappa shape index (κ3) is 5.96. The third-order valence-electron chi connectivity index (χ3n) is 11.2. The number of imide groups is 1. The zero-order valence-electron chi connectivity index (χ0n) is 30.6. The van der Waals surface area contributed by atoms with Crippen molar-refractivity contribution in [2.45, 2.75) is 117 Å². The molecule has 2 aromatic rings. The second kappa shape index (κ2) is 14.0. The molecule has 4 aliphatic rings. The number of H-pyrrole nitrogens is 2. The number of methoxy groups -OCH3 is 1. The monoisotopic (exact) mass is 679 g/mol. The summed E-state index contributed by atoms with van der Waals surface area (Å²) in [6.45, 7) is 14.2. The molecule has 10 heteroatoms. The van der Waals surface area contributed by atoms with Crippen LogP contribution in [0.5, 0.6) is 0 Å². The number of aromatic amines is 2. The van der Waals surface area contributed by atoms with Crippen LogP contribution in [0, 0.1) is 6.92 Å². The average molecular weight is 680 g/mol. The van der Waals surface area contributed by atoms with Gasteiger partial charge in [0, 0.05) is 64.8 Å². The predicted octanol–water partition coefficient (Wildman–Crippen LogP) is 8.18. The van der Waals surface area contributed by atoms with Gasteiger partial charge in [-0.15, -0.1) is 0 Å². The topological polar surface area (TPSA) is 138 Å². The molecule has 2 aromatic heterocycles. The van der Waals surface area contributed by atoms with Crippen molar-refractivity contribution in [3.05, 3.63) is 69.1 Å². The molecule has 264 valence electrons. The van der Waals surface area contributed by atoms with Crippen LogP contribution in [0.1, 0.15) is 171 Å². The van der Waals surface area contributed by atoms with Crippen molar-refractivity contribution in [3.8, 4) is 0 Å². The van der Waals surface area contributed by atoms with Gasteiger partial charge in [-0.3, -0.25) is 29.1 Å². The normalized spacial score (nSPS) is 20.8. The quantitative estimate of drug-likeness (QED) is 0.147. The van der Waals surface area contributed by atoms with E-state index in [4.69, 9.17) is 14.7 Å². The lowest BCUT2D eigenvalue weighted by atomic mass is 9.84. The Morgan fingerprint density at radius 2 is 1.62 bits per heavy atom. The van der Waals surface area contributed by atoms with Gasteiger partial charge in [0.1, 0.15) is 0 Å². The number of Topliss-reactive ketones (excluding diaryl/α,β-unsaturated/α-hetero) is 1. The van der Waals surface area contributed by atoms with Crippen LogP contribution in [0.15, 0.2) is 18.2 Å². The van der Waals surface area contributed by atoms with Crippen LogP contribution in [0.3, 0.4) is 0 Å². The van der Waals surface area contributed by atoms with Crippen molar-refractivity contribution in [2.24, 2.45) is 0 Å². The Balaban J connectivity index is 1.72. The Labute approximate surface area is 293 Å². The number of carbonyl (C=O) groups excluding carboxylic acids is 4. The average Bonchev–Trinajstić information content (AvgIpc) is 3.76. The standard InChI is InChI=1S/C40H49N5O5/c1-9-11-12-13-16-45-39(48)35-23(6)30-18-31-25(10-2)20(3)27(41-31)19-32-34(24(7)46)22(5)29(42-32)17-28-21(4)26(14-15-33(47)50-8)37(43-28)36(40(45)49)38(35)44-30/h17-21,25-26,41,44H,9-16H2,1-8H3. The third-order valence-corrected chi connectivity index (χ3v) is 11.2. The summed E-state index contributed by atoms with van der Waals surface area (Å²) < 4.78 is 5.00. The molecule has 0 aliphatic carbocycles. The molecule has 2 N–H and O–H groups in total. The van der Waals surface area contributed by atoms with Gasteiger partial charge < -0.3 is 14.7 Å². The minimum Gasteiger partial charge on any atom is -0.469 e. The lowest BCUT2D eigenvalue weighted by Gasteiger charge is -2.27. The molecule has 0 fully saturated rings. The number of carbonyl (C=O) groups is 4. The molecule has 4 atom stereocenters. The van der Waals surface area contributed by atoms with Gasteiger partial charge in [0.05, 0.1) is 40.8 Å². The van der Waals surface area contributed by atoms with Crippen molar-refractivity contribution >= 4 is 45.7 Å². The van der Waals surface area contributed by atoms with Crippen LogP contribution in [0.4, 0.5) is 0 Å². The highest BCUT2D eigenvalue weighted by atomic mass is 16.5. The number of ether oxygens (including phenoxy) is 1. The summed E-state index contributed by atoms with van der Waals surface area (Å²) in [6.07, 6.45) is 5.12. The fraction of sp³-hybridized carbons (Fsp3) is 0.500. The van der Waals surface area contributed by atoms with E-state index in [1.54, 1.807) is 6.92 Å². The number of ketones is 1. The van der Waals surface area contributed by atoms with Crippen molar-refractivity contribution in [3.63, 3.8) is 0 Å². The highest BCUT2D eigenvalue weighted by molar-refractivity contribution is 6.27. The second-order valence-electron chi connectivity index (χ2n) is 14.3. The molecule has 50 heavy (non-hydrogen) atoms. The van der Waals surface area contributed by atoms with Gasteiger partial charge in [0.2, 0.25) is 0 Å². The van der Waals surface area contributed by atoms with Crippen molar-refractivity contribution in [1.82, 2.24) is 24.8 Å². The van der Waals surface area contributed by atoms with E-state index < -0.39 is 0 Å². The molecule has 0 radical (unpaired) electrons. The van der Waals surface area contributed by atoms with Crippen LogP contribution in [0.2, 0.25) is 0 Å². The van der Waals surface area contributed by atoms with Crippen molar-refractivity contribution in [1.29, 1.82) is 0 Å². The van der Waals surface area contributed by atoms with E-state index >= 15 is 0 Å². The number of fused-ring (bicyclic) bond motifs is 8. The van der Waals surface area contributed by atoms with Gasteiger partial charge in [-0.1, -0.05) is 47.0 Å². The van der Waals surface area contributed by atoms with E-state index in [9.17, 15) is 19.2 Å². The zero-order valence-corrected chi connectivity index (χ0v) is 30.6. The molecule has 0 spiro atoms. The van der Waals surface area contributed by atoms with Gasteiger partial charge in [0.25, 0.3) is 11.8 Å². The summed E-state index contributed by atoms with van der Waals surface area (Å²) in [5.41, 5.74) is 8.70. The number of rotatable bonds is 10. The van der Waals surface area contributed by atoms with Crippen LogP contribution < -0.4 is 0 Å². The highest BCUT2D eigenvalue weighted by Gasteiger charge is 2.41. The fourth-order valence-corrected chi connectivity index (χ4v) is 8.22. The van der Waals surface area contributed by atoms with Gasteiger partial charge in [0.15, 0.2) is 5.78 Å². The SMILES string of the molecule is CCCCCCN1C(=O)c2c3nc(cc4nc(cc5[nH]c(cc6[nH]c2c(c6C)C1=O)C(CC)C5C)C(C(C)=O)=C4C)C(C)C3CCC(=O)OC. The van der Waals surface area contributed by atoms with E-state index in [1.165, 1.54) is 12.0 Å². The number of aromatic nitrogens is 4. The zero-order chi connectivity index (χ0) is 36.0. The Morgan fingerprint density at radius 3 is 2.30 bits per heavy atom. The second-order valence-corrected chi connectivity index (χ2v) is 14.3. The summed E-state index contributed by atoms with van der Waals surface area (Å²) in [5, 5.41) is 0. The maximum Gasteiger partial charge on any atom is 0.305 e. The summed E-state index contributed by atoms with van der Waals surface area (Å²) in [5.74, 6) is -1.28. The minimum absolute atomic E-state index is 0.0636. The molecule has 8 bridgehead atoms. The number of hydrogen-bond acceptors (Lipinski definition) is 7. The van der Waals surface area contributed by atoms with Crippen LogP contribution in [-0.2, 0) is 14.3 Å².